The highest BCUT2D eigenvalue weighted by molar-refractivity contribution is 5.83. The van der Waals surface area contributed by atoms with Crippen molar-refractivity contribution < 1.29 is 9.53 Å². The fourth-order valence-corrected chi connectivity index (χ4v) is 1.84. The first kappa shape index (κ1) is 12.2. The Morgan fingerprint density at radius 1 is 1.50 bits per heavy atom. The molecule has 0 bridgehead atoms. The van der Waals surface area contributed by atoms with Crippen LogP contribution in [0.3, 0.4) is 0 Å². The van der Waals surface area contributed by atoms with E-state index in [4.69, 9.17) is 10.5 Å². The SMILES string of the molecule is COc1cnc2cccc(CCNC(N)=O)c2c1. The molecule has 0 radical (unpaired) electrons. The van der Waals surface area contributed by atoms with E-state index in [1.807, 2.05) is 24.3 Å². The number of carbonyl (C=O) groups is 1. The molecule has 1 aromatic heterocycles. The van der Waals surface area contributed by atoms with Gasteiger partial charge in [0.05, 0.1) is 18.8 Å². The summed E-state index contributed by atoms with van der Waals surface area (Å²) < 4.78 is 5.17. The quantitative estimate of drug-likeness (QED) is 0.856. The minimum atomic E-state index is -0.508. The van der Waals surface area contributed by atoms with Crippen LogP contribution in [0, 0.1) is 0 Å². The Kier molecular flexibility index (Phi) is 3.62. The summed E-state index contributed by atoms with van der Waals surface area (Å²) in [6.07, 6.45) is 2.39. The van der Waals surface area contributed by atoms with Crippen molar-refractivity contribution in [3.63, 3.8) is 0 Å². The van der Waals surface area contributed by atoms with Gasteiger partial charge in [-0.2, -0.15) is 0 Å². The number of fused-ring (bicyclic) bond motifs is 1. The van der Waals surface area contributed by atoms with Crippen LogP contribution in [0.4, 0.5) is 4.79 Å². The van der Waals surface area contributed by atoms with Gasteiger partial charge in [-0.1, -0.05) is 12.1 Å². The smallest absolute Gasteiger partial charge is 0.312 e. The summed E-state index contributed by atoms with van der Waals surface area (Å²) >= 11 is 0. The monoisotopic (exact) mass is 245 g/mol. The molecule has 0 unspecified atom stereocenters. The van der Waals surface area contributed by atoms with Crippen molar-refractivity contribution in [3.8, 4) is 5.75 Å². The first-order valence-electron chi connectivity index (χ1n) is 5.65. The van der Waals surface area contributed by atoms with Gasteiger partial charge in [-0.15, -0.1) is 0 Å². The summed E-state index contributed by atoms with van der Waals surface area (Å²) in [5, 5.41) is 3.61. The number of methoxy groups -OCH3 is 1. The average Bonchev–Trinajstić information content (AvgIpc) is 2.38. The maximum Gasteiger partial charge on any atom is 0.312 e. The molecule has 0 atom stereocenters. The molecule has 0 saturated carbocycles. The maximum atomic E-state index is 10.6. The molecular weight excluding hydrogens is 230 g/mol. The predicted octanol–water partition coefficient (Wildman–Crippen LogP) is 1.45. The standard InChI is InChI=1S/C13H15N3O2/c1-18-10-7-11-9(5-6-15-13(14)17)3-2-4-12(11)16-8-10/h2-4,7-8H,5-6H2,1H3,(H3,14,15,17). The number of primary amides is 1. The molecule has 5 heteroatoms. The van der Waals surface area contributed by atoms with Gasteiger partial charge >= 0.3 is 6.03 Å². The minimum absolute atomic E-state index is 0.506. The molecule has 0 aliphatic carbocycles. The fourth-order valence-electron chi connectivity index (χ4n) is 1.84. The number of rotatable bonds is 4. The van der Waals surface area contributed by atoms with Crippen molar-refractivity contribution in [3.05, 3.63) is 36.0 Å². The summed E-state index contributed by atoms with van der Waals surface area (Å²) in [6.45, 7) is 0.506. The third kappa shape index (κ3) is 2.68. The predicted molar refractivity (Wildman–Crippen MR) is 69.6 cm³/mol. The third-order valence-electron chi connectivity index (χ3n) is 2.72. The molecule has 0 fully saturated rings. The molecule has 5 nitrogen and oxygen atoms in total. The Bertz CT molecular complexity index is 569. The van der Waals surface area contributed by atoms with E-state index in [9.17, 15) is 4.79 Å². The van der Waals surface area contributed by atoms with Gasteiger partial charge in [-0.25, -0.2) is 4.79 Å². The molecule has 94 valence electrons. The van der Waals surface area contributed by atoms with Crippen molar-refractivity contribution >= 4 is 16.9 Å². The van der Waals surface area contributed by atoms with E-state index in [1.165, 1.54) is 0 Å². The number of hydrogen-bond acceptors (Lipinski definition) is 3. The van der Waals surface area contributed by atoms with Crippen LogP contribution < -0.4 is 15.8 Å². The van der Waals surface area contributed by atoms with Crippen molar-refractivity contribution in [1.29, 1.82) is 0 Å². The summed E-state index contributed by atoms with van der Waals surface area (Å²) in [7, 11) is 1.61. The summed E-state index contributed by atoms with van der Waals surface area (Å²) in [5.74, 6) is 0.720. The number of carbonyl (C=O) groups excluding carboxylic acids is 1. The topological polar surface area (TPSA) is 77.2 Å². The Morgan fingerprint density at radius 2 is 2.33 bits per heavy atom. The van der Waals surface area contributed by atoms with Crippen LogP contribution in [-0.4, -0.2) is 24.7 Å². The van der Waals surface area contributed by atoms with Crippen LogP contribution in [0.15, 0.2) is 30.5 Å². The molecule has 2 rings (SSSR count). The van der Waals surface area contributed by atoms with Gasteiger partial charge in [-0.3, -0.25) is 4.98 Å². The molecule has 2 amide bonds. The minimum Gasteiger partial charge on any atom is -0.495 e. The molecule has 0 spiro atoms. The Hall–Kier alpha value is -2.30. The molecule has 3 N–H and O–H groups in total. The lowest BCUT2D eigenvalue weighted by Gasteiger charge is -2.08. The summed E-state index contributed by atoms with van der Waals surface area (Å²) in [4.78, 5) is 15.0. The molecule has 0 saturated heterocycles. The number of nitrogens with two attached hydrogens (primary N) is 1. The van der Waals surface area contributed by atoms with E-state index in [0.717, 1.165) is 22.2 Å². The van der Waals surface area contributed by atoms with Gasteiger partial charge in [0.1, 0.15) is 5.75 Å². The maximum absolute atomic E-state index is 10.6. The van der Waals surface area contributed by atoms with Crippen LogP contribution in [0.1, 0.15) is 5.56 Å². The summed E-state index contributed by atoms with van der Waals surface area (Å²) in [5.41, 5.74) is 7.05. The van der Waals surface area contributed by atoms with Crippen molar-refractivity contribution in [2.24, 2.45) is 5.73 Å². The Morgan fingerprint density at radius 3 is 3.06 bits per heavy atom. The van der Waals surface area contributed by atoms with Crippen LogP contribution in [-0.2, 0) is 6.42 Å². The molecule has 1 heterocycles. The average molecular weight is 245 g/mol. The highest BCUT2D eigenvalue weighted by atomic mass is 16.5. The Labute approximate surface area is 105 Å². The van der Waals surface area contributed by atoms with Gasteiger partial charge in [0.25, 0.3) is 0 Å². The summed E-state index contributed by atoms with van der Waals surface area (Å²) in [6, 6.07) is 7.33. The van der Waals surface area contributed by atoms with Crippen LogP contribution >= 0.6 is 0 Å². The van der Waals surface area contributed by atoms with E-state index in [1.54, 1.807) is 13.3 Å². The Balaban J connectivity index is 2.28. The number of pyridine rings is 1. The first-order valence-corrected chi connectivity index (χ1v) is 5.65. The van der Waals surface area contributed by atoms with Crippen LogP contribution in [0.2, 0.25) is 0 Å². The van der Waals surface area contributed by atoms with Gasteiger partial charge in [0, 0.05) is 11.9 Å². The second-order valence-electron chi connectivity index (χ2n) is 3.90. The number of amides is 2. The molecule has 18 heavy (non-hydrogen) atoms. The van der Waals surface area contributed by atoms with Crippen LogP contribution in [0.25, 0.3) is 10.9 Å². The molecule has 0 aliphatic rings. The zero-order valence-electron chi connectivity index (χ0n) is 10.1. The van der Waals surface area contributed by atoms with E-state index in [2.05, 4.69) is 10.3 Å². The zero-order chi connectivity index (χ0) is 13.0. The lowest BCUT2D eigenvalue weighted by molar-refractivity contribution is 0.249. The van der Waals surface area contributed by atoms with Gasteiger partial charge < -0.3 is 15.8 Å². The van der Waals surface area contributed by atoms with Crippen molar-refractivity contribution in [2.75, 3.05) is 13.7 Å². The van der Waals surface area contributed by atoms with Gasteiger partial charge in [0.2, 0.25) is 0 Å². The number of ether oxygens (including phenoxy) is 1. The van der Waals surface area contributed by atoms with E-state index >= 15 is 0 Å². The van der Waals surface area contributed by atoms with E-state index in [-0.39, 0.29) is 0 Å². The number of aromatic nitrogens is 1. The van der Waals surface area contributed by atoms with Gasteiger partial charge in [0.15, 0.2) is 0 Å². The highest BCUT2D eigenvalue weighted by Crippen LogP contribution is 2.21. The normalized spacial score (nSPS) is 10.3. The second kappa shape index (κ2) is 5.35. The molecule has 2 aromatic rings. The van der Waals surface area contributed by atoms with Crippen LogP contribution in [0.5, 0.6) is 5.75 Å². The molecule has 1 aromatic carbocycles. The second-order valence-corrected chi connectivity index (χ2v) is 3.90. The number of hydrogen-bond donors (Lipinski definition) is 2. The van der Waals surface area contributed by atoms with Crippen molar-refractivity contribution in [1.82, 2.24) is 10.3 Å². The number of nitrogens with one attached hydrogen (secondary N) is 1. The zero-order valence-corrected chi connectivity index (χ0v) is 10.1. The number of urea groups is 1. The van der Waals surface area contributed by atoms with Gasteiger partial charge in [-0.05, 0) is 24.1 Å². The molecular formula is C13H15N3O2. The lowest BCUT2D eigenvalue weighted by atomic mass is 10.1. The van der Waals surface area contributed by atoms with Crippen molar-refractivity contribution in [2.45, 2.75) is 6.42 Å². The largest absolute Gasteiger partial charge is 0.495 e. The number of nitrogens with zero attached hydrogens (tertiary/aromatic N) is 1. The fraction of sp³-hybridized carbons (Fsp3) is 0.231. The third-order valence-corrected chi connectivity index (χ3v) is 2.72. The van der Waals surface area contributed by atoms with E-state index < -0.39 is 6.03 Å². The first-order chi connectivity index (χ1) is 8.70. The molecule has 0 aliphatic heterocycles. The highest BCUT2D eigenvalue weighted by Gasteiger charge is 2.04. The van der Waals surface area contributed by atoms with E-state index in [0.29, 0.717) is 13.0 Å². The number of benzene rings is 1. The lowest BCUT2D eigenvalue weighted by Crippen LogP contribution is -2.30.